The molecule has 7 nitrogen and oxygen atoms in total. The van der Waals surface area contributed by atoms with Gasteiger partial charge in [0, 0.05) is 18.5 Å². The lowest BCUT2D eigenvalue weighted by Gasteiger charge is -2.13. The smallest absolute Gasteiger partial charge is 0.232 e. The van der Waals surface area contributed by atoms with Crippen LogP contribution in [0.2, 0.25) is 0 Å². The molecule has 0 spiro atoms. The predicted molar refractivity (Wildman–Crippen MR) is 87.7 cm³/mol. The van der Waals surface area contributed by atoms with Crippen molar-refractivity contribution in [3.63, 3.8) is 0 Å². The number of hydrogen-bond donors (Lipinski definition) is 0. The second kappa shape index (κ2) is 6.62. The number of ether oxygens (including phenoxy) is 1. The topological polar surface area (TPSA) is 81.6 Å². The molecule has 0 aliphatic carbocycles. The molecule has 1 saturated heterocycles. The Kier molecular flexibility index (Phi) is 4.16. The average molecular weight is 357 g/mol. The van der Waals surface area contributed by atoms with Crippen molar-refractivity contribution in [3.8, 4) is 17.1 Å². The van der Waals surface area contributed by atoms with E-state index in [0.717, 1.165) is 5.76 Å². The summed E-state index contributed by atoms with van der Waals surface area (Å²) in [5, 5.41) is 3.91. The minimum Gasteiger partial charge on any atom is -0.494 e. The van der Waals surface area contributed by atoms with E-state index in [1.807, 2.05) is 6.07 Å². The first-order chi connectivity index (χ1) is 12.6. The van der Waals surface area contributed by atoms with Crippen LogP contribution in [0.25, 0.3) is 11.4 Å². The molecule has 3 aromatic rings. The zero-order valence-electron chi connectivity index (χ0n) is 14.0. The second-order valence-corrected chi connectivity index (χ2v) is 6.06. The van der Waals surface area contributed by atoms with Crippen LogP contribution in [0, 0.1) is 5.82 Å². The van der Waals surface area contributed by atoms with E-state index in [4.69, 9.17) is 13.7 Å². The van der Waals surface area contributed by atoms with Crippen molar-refractivity contribution < 1.29 is 22.9 Å². The molecule has 1 fully saturated rings. The highest BCUT2D eigenvalue weighted by Gasteiger charge is 2.34. The van der Waals surface area contributed by atoms with Crippen LogP contribution < -0.4 is 4.74 Å². The Labute approximate surface area is 148 Å². The van der Waals surface area contributed by atoms with Gasteiger partial charge < -0.3 is 18.6 Å². The van der Waals surface area contributed by atoms with Crippen LogP contribution in [-0.2, 0) is 11.3 Å². The molecular formula is C18H16FN3O4. The van der Waals surface area contributed by atoms with Gasteiger partial charge in [0.05, 0.1) is 25.8 Å². The van der Waals surface area contributed by atoms with Crippen molar-refractivity contribution in [1.82, 2.24) is 15.0 Å². The SMILES string of the molecule is COc1ccc(-c2noc(C3CC(=O)N(Cc4ccco4)C3)n2)cc1F. The van der Waals surface area contributed by atoms with Gasteiger partial charge in [-0.3, -0.25) is 4.79 Å². The van der Waals surface area contributed by atoms with E-state index in [1.165, 1.54) is 19.2 Å². The third-order valence-corrected chi connectivity index (χ3v) is 4.34. The van der Waals surface area contributed by atoms with Crippen LogP contribution in [0.1, 0.15) is 24.0 Å². The van der Waals surface area contributed by atoms with Crippen LogP contribution in [0.3, 0.4) is 0 Å². The van der Waals surface area contributed by atoms with Crippen molar-refractivity contribution in [3.05, 3.63) is 54.1 Å². The normalized spacial score (nSPS) is 17.1. The first-order valence-electron chi connectivity index (χ1n) is 8.11. The minimum absolute atomic E-state index is 0.00152. The molecule has 0 saturated carbocycles. The number of nitrogens with zero attached hydrogens (tertiary/aromatic N) is 3. The summed E-state index contributed by atoms with van der Waals surface area (Å²) in [5.74, 6) is 0.817. The quantitative estimate of drug-likeness (QED) is 0.698. The Morgan fingerprint density at radius 1 is 1.38 bits per heavy atom. The zero-order chi connectivity index (χ0) is 18.1. The molecule has 0 N–H and O–H groups in total. The summed E-state index contributed by atoms with van der Waals surface area (Å²) in [4.78, 5) is 18.2. The molecule has 1 aromatic carbocycles. The van der Waals surface area contributed by atoms with Gasteiger partial charge in [-0.25, -0.2) is 4.39 Å². The maximum atomic E-state index is 13.9. The zero-order valence-corrected chi connectivity index (χ0v) is 14.0. The number of halogens is 1. The highest BCUT2D eigenvalue weighted by Crippen LogP contribution is 2.30. The van der Waals surface area contributed by atoms with Gasteiger partial charge in [0.2, 0.25) is 17.6 Å². The number of aromatic nitrogens is 2. The minimum atomic E-state index is -0.503. The van der Waals surface area contributed by atoms with E-state index >= 15 is 0 Å². The molecule has 134 valence electrons. The van der Waals surface area contributed by atoms with Crippen molar-refractivity contribution in [2.24, 2.45) is 0 Å². The number of carbonyl (C=O) groups excluding carboxylic acids is 1. The number of likely N-dealkylation sites (tertiary alicyclic amines) is 1. The van der Waals surface area contributed by atoms with E-state index in [9.17, 15) is 9.18 Å². The van der Waals surface area contributed by atoms with Gasteiger partial charge in [0.15, 0.2) is 11.6 Å². The van der Waals surface area contributed by atoms with Crippen LogP contribution in [0.4, 0.5) is 4.39 Å². The maximum Gasteiger partial charge on any atom is 0.232 e. The van der Waals surface area contributed by atoms with E-state index in [-0.39, 0.29) is 23.4 Å². The molecule has 0 bridgehead atoms. The second-order valence-electron chi connectivity index (χ2n) is 6.06. The fourth-order valence-electron chi connectivity index (χ4n) is 3.00. The number of furan rings is 1. The molecule has 26 heavy (non-hydrogen) atoms. The van der Waals surface area contributed by atoms with Crippen molar-refractivity contribution in [1.29, 1.82) is 0 Å². The Hall–Kier alpha value is -3.16. The molecular weight excluding hydrogens is 341 g/mol. The van der Waals surface area contributed by atoms with Gasteiger partial charge in [-0.05, 0) is 30.3 Å². The molecule has 0 radical (unpaired) electrons. The van der Waals surface area contributed by atoms with E-state index in [1.54, 1.807) is 23.3 Å². The van der Waals surface area contributed by atoms with Gasteiger partial charge in [-0.15, -0.1) is 0 Å². The molecule has 1 aliphatic rings. The third-order valence-electron chi connectivity index (χ3n) is 4.34. The highest BCUT2D eigenvalue weighted by molar-refractivity contribution is 5.79. The highest BCUT2D eigenvalue weighted by atomic mass is 19.1. The Morgan fingerprint density at radius 3 is 3.00 bits per heavy atom. The van der Waals surface area contributed by atoms with Gasteiger partial charge in [-0.2, -0.15) is 4.98 Å². The number of carbonyl (C=O) groups is 1. The molecule has 1 aliphatic heterocycles. The summed E-state index contributed by atoms with van der Waals surface area (Å²) >= 11 is 0. The fourth-order valence-corrected chi connectivity index (χ4v) is 3.00. The summed E-state index contributed by atoms with van der Waals surface area (Å²) in [6.45, 7) is 0.880. The van der Waals surface area contributed by atoms with Crippen molar-refractivity contribution in [2.45, 2.75) is 18.9 Å². The molecule has 8 heteroatoms. The number of hydrogen-bond acceptors (Lipinski definition) is 6. The fraction of sp³-hybridized carbons (Fsp3) is 0.278. The molecule has 4 rings (SSSR count). The standard InChI is InChI=1S/C18H16FN3O4/c1-24-15-5-4-11(7-14(15)19)17-20-18(26-21-17)12-8-16(23)22(9-12)10-13-3-2-6-25-13/h2-7,12H,8-10H2,1H3. The van der Waals surface area contributed by atoms with Crippen molar-refractivity contribution >= 4 is 5.91 Å². The first kappa shape index (κ1) is 16.3. The largest absolute Gasteiger partial charge is 0.494 e. The lowest BCUT2D eigenvalue weighted by Crippen LogP contribution is -2.24. The van der Waals surface area contributed by atoms with Gasteiger partial charge in [0.25, 0.3) is 0 Å². The molecule has 1 amide bonds. The first-order valence-corrected chi connectivity index (χ1v) is 8.11. The molecule has 1 atom stereocenters. The third kappa shape index (κ3) is 3.05. The number of benzene rings is 1. The molecule has 1 unspecified atom stereocenters. The lowest BCUT2D eigenvalue weighted by atomic mass is 10.1. The van der Waals surface area contributed by atoms with Gasteiger partial charge in [0.1, 0.15) is 5.76 Å². The maximum absolute atomic E-state index is 13.9. The number of methoxy groups -OCH3 is 1. The predicted octanol–water partition coefficient (Wildman–Crippen LogP) is 2.99. The number of amides is 1. The Bertz CT molecular complexity index is 922. The Morgan fingerprint density at radius 2 is 2.27 bits per heavy atom. The Balaban J connectivity index is 1.49. The summed E-state index contributed by atoms with van der Waals surface area (Å²) in [6, 6.07) is 8.05. The monoisotopic (exact) mass is 357 g/mol. The number of rotatable bonds is 5. The average Bonchev–Trinajstić information content (AvgIpc) is 3.37. The summed E-state index contributed by atoms with van der Waals surface area (Å²) in [6.07, 6.45) is 1.87. The lowest BCUT2D eigenvalue weighted by molar-refractivity contribution is -0.128. The van der Waals surface area contributed by atoms with Gasteiger partial charge >= 0.3 is 0 Å². The van der Waals surface area contributed by atoms with E-state index < -0.39 is 5.82 Å². The summed E-state index contributed by atoms with van der Waals surface area (Å²) in [7, 11) is 1.40. The summed E-state index contributed by atoms with van der Waals surface area (Å²) in [5.41, 5.74) is 0.482. The van der Waals surface area contributed by atoms with Crippen LogP contribution in [-0.4, -0.2) is 34.6 Å². The van der Waals surface area contributed by atoms with E-state index in [0.29, 0.717) is 31.0 Å². The summed E-state index contributed by atoms with van der Waals surface area (Å²) < 4.78 is 29.4. The molecule has 3 heterocycles. The van der Waals surface area contributed by atoms with E-state index in [2.05, 4.69) is 10.1 Å². The van der Waals surface area contributed by atoms with Crippen molar-refractivity contribution in [2.75, 3.05) is 13.7 Å². The van der Waals surface area contributed by atoms with Crippen LogP contribution in [0.5, 0.6) is 5.75 Å². The van der Waals surface area contributed by atoms with Crippen LogP contribution >= 0.6 is 0 Å². The van der Waals surface area contributed by atoms with Crippen LogP contribution in [0.15, 0.2) is 45.5 Å². The van der Waals surface area contributed by atoms with Gasteiger partial charge in [-0.1, -0.05) is 5.16 Å². The molecule has 2 aromatic heterocycles.